The van der Waals surface area contributed by atoms with Gasteiger partial charge in [-0.25, -0.2) is 0 Å². The molecule has 0 aliphatic rings. The Kier molecular flexibility index (Phi) is 7.23. The third kappa shape index (κ3) is 44.7. The van der Waals surface area contributed by atoms with Gasteiger partial charge in [-0.1, -0.05) is 6.92 Å². The Morgan fingerprint density at radius 2 is 1.82 bits per heavy atom. The first-order chi connectivity index (χ1) is 4.79. The summed E-state index contributed by atoms with van der Waals surface area (Å²) in [6.45, 7) is 2.99. The quantitative estimate of drug-likeness (QED) is 0.578. The largest absolute Gasteiger partial charge is 0.370 e. The molecule has 0 atom stereocenters. The molecule has 6 heteroatoms. The van der Waals surface area contributed by atoms with E-state index >= 15 is 0 Å². The minimum absolute atomic E-state index is 0.132. The van der Waals surface area contributed by atoms with Gasteiger partial charge in [0.2, 0.25) is 5.91 Å². The van der Waals surface area contributed by atoms with Gasteiger partial charge in [-0.2, -0.15) is 8.42 Å². The van der Waals surface area contributed by atoms with Gasteiger partial charge in [0.05, 0.1) is 5.75 Å². The lowest BCUT2D eigenvalue weighted by Gasteiger charge is -1.85. The van der Waals surface area contributed by atoms with E-state index in [1.54, 1.807) is 6.92 Å². The summed E-state index contributed by atoms with van der Waals surface area (Å²) in [4.78, 5) is 9.22. The van der Waals surface area contributed by atoms with Gasteiger partial charge in [0.25, 0.3) is 10.1 Å². The second-order valence-electron chi connectivity index (χ2n) is 1.90. The van der Waals surface area contributed by atoms with Crippen LogP contribution in [0.3, 0.4) is 0 Å². The molecule has 1 amide bonds. The molecular weight excluding hydrogens is 170 g/mol. The van der Waals surface area contributed by atoms with Gasteiger partial charge in [0, 0.05) is 6.92 Å². The van der Waals surface area contributed by atoms with Crippen molar-refractivity contribution in [1.82, 2.24) is 0 Å². The standard InChI is InChI=1S/C3H8O3S.C2H5NO/c1-2-3-7(4,5)6;1-2(3)4/h2-3H2,1H3,(H,4,5,6);1H3,(H2,3,4). The number of nitrogens with two attached hydrogens (primary N) is 1. The second-order valence-corrected chi connectivity index (χ2v) is 3.47. The molecule has 0 spiro atoms. The molecule has 0 saturated carbocycles. The van der Waals surface area contributed by atoms with Gasteiger partial charge >= 0.3 is 0 Å². The molecule has 0 unspecified atom stereocenters. The van der Waals surface area contributed by atoms with E-state index < -0.39 is 10.1 Å². The van der Waals surface area contributed by atoms with Crippen LogP contribution in [0, 0.1) is 0 Å². The van der Waals surface area contributed by atoms with Crippen LogP contribution in [0.1, 0.15) is 20.3 Å². The Bertz CT molecular complexity index is 193. The monoisotopic (exact) mass is 183 g/mol. The van der Waals surface area contributed by atoms with Crippen molar-refractivity contribution in [2.45, 2.75) is 20.3 Å². The average Bonchev–Trinajstić information content (AvgIpc) is 1.58. The number of carbonyl (C=O) groups is 1. The van der Waals surface area contributed by atoms with Crippen LogP contribution in [0.2, 0.25) is 0 Å². The summed E-state index contributed by atoms with van der Waals surface area (Å²) < 4.78 is 27.6. The summed E-state index contributed by atoms with van der Waals surface area (Å²) in [5.74, 6) is -0.465. The van der Waals surface area contributed by atoms with E-state index in [2.05, 4.69) is 5.73 Å². The molecule has 0 fully saturated rings. The highest BCUT2D eigenvalue weighted by atomic mass is 32.2. The first-order valence-electron chi connectivity index (χ1n) is 3.00. The number of hydrogen-bond donors (Lipinski definition) is 2. The van der Waals surface area contributed by atoms with Crippen LogP contribution < -0.4 is 5.73 Å². The molecular formula is C5H13NO4S. The summed E-state index contributed by atoms with van der Waals surface area (Å²) in [6, 6.07) is 0. The van der Waals surface area contributed by atoms with Crippen molar-refractivity contribution >= 4 is 16.0 Å². The fourth-order valence-electron chi connectivity index (χ4n) is 0.258. The number of carbonyl (C=O) groups excluding carboxylic acids is 1. The Balaban J connectivity index is 0. The highest BCUT2D eigenvalue weighted by Gasteiger charge is 1.98. The molecule has 3 N–H and O–H groups in total. The zero-order valence-corrected chi connectivity index (χ0v) is 7.39. The summed E-state index contributed by atoms with van der Waals surface area (Å²) in [6.07, 6.45) is 0.471. The number of rotatable bonds is 2. The molecule has 0 aliphatic carbocycles. The minimum Gasteiger partial charge on any atom is -0.370 e. The molecule has 68 valence electrons. The van der Waals surface area contributed by atoms with Gasteiger partial charge in [-0.05, 0) is 6.42 Å². The molecule has 0 aromatic rings. The van der Waals surface area contributed by atoms with Gasteiger partial charge in [0.1, 0.15) is 0 Å². The molecule has 0 radical (unpaired) electrons. The van der Waals surface area contributed by atoms with Crippen LogP contribution >= 0.6 is 0 Å². The number of primary amides is 1. The van der Waals surface area contributed by atoms with Crippen molar-refractivity contribution in [2.75, 3.05) is 5.75 Å². The molecule has 0 aliphatic heterocycles. The Morgan fingerprint density at radius 1 is 1.55 bits per heavy atom. The smallest absolute Gasteiger partial charge is 0.264 e. The zero-order valence-electron chi connectivity index (χ0n) is 6.57. The third-order valence-corrected chi connectivity index (χ3v) is 1.39. The maximum absolute atomic E-state index is 9.79. The normalized spacial score (nSPS) is 9.73. The lowest BCUT2D eigenvalue weighted by atomic mass is 10.6. The van der Waals surface area contributed by atoms with Crippen LogP contribution in [-0.4, -0.2) is 24.6 Å². The summed E-state index contributed by atoms with van der Waals surface area (Å²) in [5.41, 5.74) is 4.47. The third-order valence-electron chi connectivity index (χ3n) is 0.462. The fraction of sp³-hybridized carbons (Fsp3) is 0.800. The maximum atomic E-state index is 9.79. The van der Waals surface area contributed by atoms with Crippen molar-refractivity contribution in [1.29, 1.82) is 0 Å². The molecule has 0 aromatic heterocycles. The topological polar surface area (TPSA) is 97.5 Å². The Hall–Kier alpha value is -0.620. The zero-order chi connectivity index (χ0) is 9.49. The lowest BCUT2D eigenvalue weighted by molar-refractivity contribution is -0.115. The van der Waals surface area contributed by atoms with Crippen molar-refractivity contribution in [3.05, 3.63) is 0 Å². The summed E-state index contributed by atoms with van der Waals surface area (Å²) in [7, 11) is -3.67. The van der Waals surface area contributed by atoms with E-state index in [1.165, 1.54) is 6.92 Å². The van der Waals surface area contributed by atoms with E-state index in [9.17, 15) is 13.2 Å². The molecule has 0 heterocycles. The average molecular weight is 183 g/mol. The fourth-order valence-corrected chi connectivity index (χ4v) is 0.774. The predicted molar refractivity (Wildman–Crippen MR) is 41.6 cm³/mol. The lowest BCUT2D eigenvalue weighted by Crippen LogP contribution is -2.01. The first-order valence-corrected chi connectivity index (χ1v) is 4.61. The van der Waals surface area contributed by atoms with Crippen molar-refractivity contribution < 1.29 is 17.8 Å². The highest BCUT2D eigenvalue weighted by Crippen LogP contribution is 1.83. The van der Waals surface area contributed by atoms with Crippen molar-refractivity contribution in [3.8, 4) is 0 Å². The van der Waals surface area contributed by atoms with Crippen molar-refractivity contribution in [3.63, 3.8) is 0 Å². The SMILES string of the molecule is CC(N)=O.CCCS(=O)(=O)O. The van der Waals surface area contributed by atoms with Crippen molar-refractivity contribution in [2.24, 2.45) is 5.73 Å². The van der Waals surface area contributed by atoms with E-state index in [-0.39, 0.29) is 11.7 Å². The Morgan fingerprint density at radius 3 is 1.82 bits per heavy atom. The van der Waals surface area contributed by atoms with E-state index in [0.717, 1.165) is 0 Å². The van der Waals surface area contributed by atoms with Gasteiger partial charge < -0.3 is 5.73 Å². The van der Waals surface area contributed by atoms with Crippen LogP contribution in [-0.2, 0) is 14.9 Å². The molecule has 0 rings (SSSR count). The van der Waals surface area contributed by atoms with Crippen LogP contribution in [0.15, 0.2) is 0 Å². The van der Waals surface area contributed by atoms with Crippen LogP contribution in [0.25, 0.3) is 0 Å². The van der Waals surface area contributed by atoms with Gasteiger partial charge in [-0.3, -0.25) is 9.35 Å². The van der Waals surface area contributed by atoms with Gasteiger partial charge in [0.15, 0.2) is 0 Å². The molecule has 5 nitrogen and oxygen atoms in total. The van der Waals surface area contributed by atoms with Crippen LogP contribution in [0.5, 0.6) is 0 Å². The number of amides is 1. The molecule has 0 bridgehead atoms. The molecule has 11 heavy (non-hydrogen) atoms. The Labute approximate surface area is 66.3 Å². The number of hydrogen-bond acceptors (Lipinski definition) is 3. The highest BCUT2D eigenvalue weighted by molar-refractivity contribution is 7.85. The minimum atomic E-state index is -3.67. The molecule has 0 saturated heterocycles. The molecule has 0 aromatic carbocycles. The predicted octanol–water partition coefficient (Wildman–Crippen LogP) is -0.224. The maximum Gasteiger partial charge on any atom is 0.264 e. The summed E-state index contributed by atoms with van der Waals surface area (Å²) >= 11 is 0. The van der Waals surface area contributed by atoms with E-state index in [4.69, 9.17) is 4.55 Å². The van der Waals surface area contributed by atoms with Crippen LogP contribution in [0.4, 0.5) is 0 Å². The second kappa shape index (κ2) is 6.11. The van der Waals surface area contributed by atoms with E-state index in [0.29, 0.717) is 6.42 Å². The van der Waals surface area contributed by atoms with Gasteiger partial charge in [-0.15, -0.1) is 0 Å². The summed E-state index contributed by atoms with van der Waals surface area (Å²) in [5, 5.41) is 0. The first kappa shape index (κ1) is 13.0. The van der Waals surface area contributed by atoms with E-state index in [1.807, 2.05) is 0 Å².